The summed E-state index contributed by atoms with van der Waals surface area (Å²) in [6.45, 7) is 5.19. The molecule has 2 aromatic heterocycles. The third-order valence-electron chi connectivity index (χ3n) is 8.27. The van der Waals surface area contributed by atoms with Gasteiger partial charge >= 0.3 is 0 Å². The first-order chi connectivity index (χ1) is 21.9. The van der Waals surface area contributed by atoms with Crippen LogP contribution in [-0.4, -0.2) is 73.1 Å². The number of nitrogens with zero attached hydrogens (tertiary/aromatic N) is 4. The topological polar surface area (TPSA) is 136 Å². The quantitative estimate of drug-likeness (QED) is 0.167. The number of nitrogens with one attached hydrogen (secondary N) is 3. The highest BCUT2D eigenvalue weighted by molar-refractivity contribution is 8.28. The van der Waals surface area contributed by atoms with Gasteiger partial charge in [-0.3, -0.25) is 14.7 Å². The maximum Gasteiger partial charge on any atom is 0.272 e. The van der Waals surface area contributed by atoms with Gasteiger partial charge in [-0.25, -0.2) is 14.4 Å². The lowest BCUT2D eigenvalue weighted by molar-refractivity contribution is -0.127. The summed E-state index contributed by atoms with van der Waals surface area (Å²) in [7, 11) is -1.57. The minimum Gasteiger partial charge on any atom is -0.352 e. The molecule has 4 aromatic rings. The minimum atomic E-state index is -1.99. The van der Waals surface area contributed by atoms with E-state index < -0.39 is 27.8 Å². The van der Waals surface area contributed by atoms with Crippen molar-refractivity contribution >= 4 is 51.4 Å². The minimum absolute atomic E-state index is 0.101. The lowest BCUT2D eigenvalue weighted by Crippen LogP contribution is -2.39. The molecule has 2 amide bonds. The van der Waals surface area contributed by atoms with Crippen LogP contribution >= 0.6 is 21.9 Å². The second kappa shape index (κ2) is 12.5. The van der Waals surface area contributed by atoms with Crippen molar-refractivity contribution < 1.29 is 18.5 Å². The normalized spacial score (nSPS) is 17.7. The Morgan fingerprint density at radius 2 is 1.78 bits per heavy atom. The Balaban J connectivity index is 1.27. The highest BCUT2D eigenvalue weighted by Gasteiger charge is 2.51. The van der Waals surface area contributed by atoms with Crippen molar-refractivity contribution in [2.24, 2.45) is 0 Å². The SMILES string of the molecule is Cc1n[nH]c(C)c1-c1ccc(NC(=O)/C(=C\c2cc(-c3ccnc(N4CCS(C)(O)CC4)n3)ccc2Cl)NC(=O)C2(F)CC2)cc1. The van der Waals surface area contributed by atoms with Crippen molar-refractivity contribution in [1.29, 1.82) is 0 Å². The molecule has 0 radical (unpaired) electrons. The molecule has 1 aliphatic carbocycles. The van der Waals surface area contributed by atoms with Crippen LogP contribution in [0.1, 0.15) is 29.8 Å². The van der Waals surface area contributed by atoms with Gasteiger partial charge in [0.25, 0.3) is 11.8 Å². The summed E-state index contributed by atoms with van der Waals surface area (Å²) in [5, 5.41) is 12.8. The number of alkyl halides is 1. The van der Waals surface area contributed by atoms with E-state index in [9.17, 15) is 18.5 Å². The molecule has 240 valence electrons. The van der Waals surface area contributed by atoms with Crippen molar-refractivity contribution in [3.8, 4) is 22.4 Å². The van der Waals surface area contributed by atoms with Crippen LogP contribution in [0.15, 0.2) is 60.4 Å². The number of hydrogen-bond donors (Lipinski definition) is 4. The van der Waals surface area contributed by atoms with E-state index >= 15 is 0 Å². The summed E-state index contributed by atoms with van der Waals surface area (Å²) in [6.07, 6.45) is 5.24. The van der Waals surface area contributed by atoms with Crippen LogP contribution < -0.4 is 15.5 Å². The average molecular weight is 664 g/mol. The van der Waals surface area contributed by atoms with Crippen LogP contribution in [0.5, 0.6) is 0 Å². The summed E-state index contributed by atoms with van der Waals surface area (Å²) in [4.78, 5) is 37.5. The molecule has 0 atom stereocenters. The standard InChI is InChI=1S/C33H35ClFN7O3S/c1-20-29(21(2)41-40-20)22-4-7-25(8-5-22)37-30(43)28(38-31(44)33(35)11-12-33)19-24-18-23(6-9-26(24)34)27-10-13-36-32(39-27)42-14-16-46(3,45)17-15-42/h4-10,13,18-19,45H,11-12,14-17H2,1-3H3,(H,37,43)(H,38,44)(H,40,41)/b28-19+. The number of halogens is 2. The number of aryl methyl sites for hydroxylation is 2. The van der Waals surface area contributed by atoms with Crippen molar-refractivity contribution in [3.63, 3.8) is 0 Å². The van der Waals surface area contributed by atoms with Crippen molar-refractivity contribution in [3.05, 3.63) is 82.4 Å². The second-order valence-corrected chi connectivity index (χ2v) is 15.6. The number of hydrogen-bond acceptors (Lipinski definition) is 7. The van der Waals surface area contributed by atoms with Crippen LogP contribution in [0.2, 0.25) is 5.02 Å². The van der Waals surface area contributed by atoms with Gasteiger partial charge in [-0.15, -0.1) is 10.3 Å². The van der Waals surface area contributed by atoms with Gasteiger partial charge in [0.2, 0.25) is 5.95 Å². The largest absolute Gasteiger partial charge is 0.352 e. The molecule has 1 saturated carbocycles. The fraction of sp³-hybridized carbons (Fsp3) is 0.303. The number of aromatic amines is 1. The first-order valence-corrected chi connectivity index (χ1v) is 17.6. The van der Waals surface area contributed by atoms with E-state index in [-0.39, 0.29) is 18.5 Å². The molecular formula is C33H35ClFN7O3S. The molecule has 2 aromatic carbocycles. The second-order valence-electron chi connectivity index (χ2n) is 11.9. The third kappa shape index (κ3) is 6.93. The smallest absolute Gasteiger partial charge is 0.272 e. The summed E-state index contributed by atoms with van der Waals surface area (Å²) in [5.74, 6) is 0.455. The van der Waals surface area contributed by atoms with Gasteiger partial charge in [0.1, 0.15) is 5.70 Å². The van der Waals surface area contributed by atoms with Crippen molar-refractivity contribution in [2.75, 3.05) is 41.1 Å². The van der Waals surface area contributed by atoms with Gasteiger partial charge in [-0.2, -0.15) is 5.10 Å². The predicted octanol–water partition coefficient (Wildman–Crippen LogP) is 6.13. The molecule has 2 aliphatic rings. The Bertz CT molecular complexity index is 1810. The fourth-order valence-electron chi connectivity index (χ4n) is 5.28. The van der Waals surface area contributed by atoms with E-state index in [1.807, 2.05) is 32.2 Å². The van der Waals surface area contributed by atoms with E-state index in [0.29, 0.717) is 58.1 Å². The number of amides is 2. The highest BCUT2D eigenvalue weighted by Crippen LogP contribution is 2.42. The third-order valence-corrected chi connectivity index (χ3v) is 10.7. The van der Waals surface area contributed by atoms with E-state index in [4.69, 9.17) is 16.6 Å². The Hall–Kier alpha value is -4.26. The molecule has 46 heavy (non-hydrogen) atoms. The first kappa shape index (κ1) is 31.7. The number of rotatable bonds is 8. The lowest BCUT2D eigenvalue weighted by atomic mass is 10.0. The maximum atomic E-state index is 14.7. The number of H-pyrrole nitrogens is 1. The van der Waals surface area contributed by atoms with Gasteiger partial charge in [0, 0.05) is 58.3 Å². The fourth-order valence-corrected chi connectivity index (χ4v) is 6.89. The molecule has 0 spiro atoms. The lowest BCUT2D eigenvalue weighted by Gasteiger charge is -2.39. The Labute approximate surface area is 273 Å². The number of anilines is 2. The zero-order valence-corrected chi connectivity index (χ0v) is 27.3. The van der Waals surface area contributed by atoms with Crippen molar-refractivity contribution in [2.45, 2.75) is 32.4 Å². The molecule has 2 fully saturated rings. The number of benzene rings is 2. The maximum absolute atomic E-state index is 14.7. The van der Waals surface area contributed by atoms with E-state index in [0.717, 1.165) is 22.5 Å². The van der Waals surface area contributed by atoms with Crippen LogP contribution in [0, 0.1) is 13.8 Å². The van der Waals surface area contributed by atoms with Crippen molar-refractivity contribution in [1.82, 2.24) is 25.5 Å². The summed E-state index contributed by atoms with van der Waals surface area (Å²) in [6, 6.07) is 14.3. The van der Waals surface area contributed by atoms with Crippen LogP contribution in [0.4, 0.5) is 16.0 Å². The summed E-state index contributed by atoms with van der Waals surface area (Å²) in [5.41, 5.74) is 3.85. The molecule has 1 aliphatic heterocycles. The molecule has 3 heterocycles. The summed E-state index contributed by atoms with van der Waals surface area (Å²) >= 11 is 6.57. The van der Waals surface area contributed by atoms with Gasteiger partial charge in [0.05, 0.1) is 11.4 Å². The molecule has 10 nitrogen and oxygen atoms in total. The molecule has 0 unspecified atom stereocenters. The monoisotopic (exact) mass is 663 g/mol. The van der Waals surface area contributed by atoms with Gasteiger partial charge in [0.15, 0.2) is 5.67 Å². The predicted molar refractivity (Wildman–Crippen MR) is 182 cm³/mol. The molecule has 1 saturated heterocycles. The Morgan fingerprint density at radius 1 is 1.09 bits per heavy atom. The van der Waals surface area contributed by atoms with E-state index in [2.05, 4.69) is 30.7 Å². The molecule has 4 N–H and O–H groups in total. The van der Waals surface area contributed by atoms with Gasteiger partial charge in [-0.05, 0) is 80.5 Å². The highest BCUT2D eigenvalue weighted by atomic mass is 35.5. The van der Waals surface area contributed by atoms with Crippen LogP contribution in [0.25, 0.3) is 28.5 Å². The first-order valence-electron chi connectivity index (χ1n) is 14.9. The molecule has 0 bridgehead atoms. The molecule has 6 rings (SSSR count). The summed E-state index contributed by atoms with van der Waals surface area (Å²) < 4.78 is 25.1. The zero-order chi connectivity index (χ0) is 32.6. The van der Waals surface area contributed by atoms with Gasteiger partial charge < -0.3 is 20.1 Å². The van der Waals surface area contributed by atoms with Gasteiger partial charge in [-0.1, -0.05) is 29.8 Å². The number of carbonyl (C=O) groups is 2. The Morgan fingerprint density at radius 3 is 2.43 bits per heavy atom. The van der Waals surface area contributed by atoms with Crippen LogP contribution in [-0.2, 0) is 9.59 Å². The average Bonchev–Trinajstić information content (AvgIpc) is 3.71. The van der Waals surface area contributed by atoms with E-state index in [1.165, 1.54) is 6.08 Å². The van der Waals surface area contributed by atoms with Crippen LogP contribution in [0.3, 0.4) is 0 Å². The Kier molecular flexibility index (Phi) is 8.62. The molecule has 13 heteroatoms. The zero-order valence-electron chi connectivity index (χ0n) is 25.7. The number of carbonyl (C=O) groups excluding carboxylic acids is 2. The van der Waals surface area contributed by atoms with E-state index in [1.54, 1.807) is 42.6 Å². The molecular weight excluding hydrogens is 629 g/mol. The number of aromatic nitrogens is 4.